The number of aliphatic imine (C=N–C) groups is 1. The molecular weight excluding hydrogens is 358 g/mol. The molecule has 2 aliphatic rings. The van der Waals surface area contributed by atoms with Crippen LogP contribution in [0.3, 0.4) is 0 Å². The van der Waals surface area contributed by atoms with Crippen molar-refractivity contribution in [2.24, 2.45) is 4.99 Å². The molecule has 2 saturated heterocycles. The number of carbonyl (C=O) groups excluding carboxylic acids is 1. The van der Waals surface area contributed by atoms with Gasteiger partial charge in [0.1, 0.15) is 0 Å². The largest absolute Gasteiger partial charge is 0.472 e. The van der Waals surface area contributed by atoms with Gasteiger partial charge in [0.2, 0.25) is 0 Å². The zero-order valence-corrected chi connectivity index (χ0v) is 16.2. The van der Waals surface area contributed by atoms with Crippen molar-refractivity contribution in [1.82, 2.24) is 4.90 Å². The van der Waals surface area contributed by atoms with E-state index in [1.807, 2.05) is 31.2 Å². The number of amides is 1. The number of nitrogens with zero attached hydrogens (tertiary/aromatic N) is 3. The predicted molar refractivity (Wildman–Crippen MR) is 111 cm³/mol. The number of hydrogen-bond acceptors (Lipinski definition) is 5. The second kappa shape index (κ2) is 8.05. The van der Waals surface area contributed by atoms with Gasteiger partial charge < -0.3 is 9.32 Å². The summed E-state index contributed by atoms with van der Waals surface area (Å²) in [6.07, 6.45) is 8.94. The van der Waals surface area contributed by atoms with Crippen LogP contribution in [-0.2, 0) is 4.79 Å². The topological polar surface area (TPSA) is 49.1 Å². The van der Waals surface area contributed by atoms with Crippen molar-refractivity contribution < 1.29 is 9.21 Å². The molecule has 1 aromatic heterocycles. The number of benzene rings is 1. The van der Waals surface area contributed by atoms with Crippen LogP contribution in [0.25, 0.3) is 6.08 Å². The number of rotatable bonds is 4. The average Bonchev–Trinajstić information content (AvgIpc) is 3.32. The number of likely N-dealkylation sites (N-methyl/N-ethyl adjacent to an activating group) is 1. The Morgan fingerprint density at radius 3 is 2.59 bits per heavy atom. The minimum atomic E-state index is -0.00705. The molecule has 0 spiro atoms. The lowest BCUT2D eigenvalue weighted by atomic mass is 10.1. The van der Waals surface area contributed by atoms with Crippen molar-refractivity contribution in [2.45, 2.75) is 26.2 Å². The molecule has 1 aromatic carbocycles. The van der Waals surface area contributed by atoms with Gasteiger partial charge in [0, 0.05) is 30.9 Å². The fourth-order valence-corrected chi connectivity index (χ4v) is 4.44. The van der Waals surface area contributed by atoms with Gasteiger partial charge in [-0.25, -0.2) is 4.99 Å². The Bertz CT molecular complexity index is 850. The summed E-state index contributed by atoms with van der Waals surface area (Å²) in [6.45, 7) is 4.82. The van der Waals surface area contributed by atoms with Crippen LogP contribution in [0.5, 0.6) is 0 Å². The van der Waals surface area contributed by atoms with E-state index in [1.165, 1.54) is 36.7 Å². The van der Waals surface area contributed by atoms with Crippen molar-refractivity contribution in [2.75, 3.05) is 24.5 Å². The third kappa shape index (κ3) is 3.95. The number of furan rings is 1. The van der Waals surface area contributed by atoms with Crippen molar-refractivity contribution in [1.29, 1.82) is 0 Å². The number of piperidine rings is 1. The van der Waals surface area contributed by atoms with Crippen molar-refractivity contribution in [3.63, 3.8) is 0 Å². The highest BCUT2D eigenvalue weighted by Gasteiger charge is 2.32. The Morgan fingerprint density at radius 1 is 1.15 bits per heavy atom. The quantitative estimate of drug-likeness (QED) is 0.707. The third-order valence-electron chi connectivity index (χ3n) is 4.84. The molecule has 4 rings (SSSR count). The zero-order valence-electron chi connectivity index (χ0n) is 15.4. The molecule has 0 unspecified atom stereocenters. The first-order valence-corrected chi connectivity index (χ1v) is 10.2. The molecule has 2 aromatic rings. The Hall–Kier alpha value is -2.47. The molecule has 140 valence electrons. The summed E-state index contributed by atoms with van der Waals surface area (Å²) in [7, 11) is 0. The van der Waals surface area contributed by atoms with E-state index < -0.39 is 0 Å². The molecule has 6 heteroatoms. The van der Waals surface area contributed by atoms with Gasteiger partial charge in [0.15, 0.2) is 5.17 Å². The molecule has 0 bridgehead atoms. The molecule has 0 aliphatic carbocycles. The smallest absolute Gasteiger partial charge is 0.266 e. The van der Waals surface area contributed by atoms with E-state index in [1.54, 1.807) is 17.4 Å². The third-order valence-corrected chi connectivity index (χ3v) is 5.85. The fourth-order valence-electron chi connectivity index (χ4n) is 3.38. The van der Waals surface area contributed by atoms with Gasteiger partial charge in [-0.3, -0.25) is 9.69 Å². The number of hydrogen-bond donors (Lipinski definition) is 0. The van der Waals surface area contributed by atoms with Crippen LogP contribution >= 0.6 is 11.8 Å². The summed E-state index contributed by atoms with van der Waals surface area (Å²) >= 11 is 1.41. The number of anilines is 1. The summed E-state index contributed by atoms with van der Waals surface area (Å²) in [5.41, 5.74) is 3.00. The molecule has 0 saturated carbocycles. The highest BCUT2D eigenvalue weighted by atomic mass is 32.2. The number of carbonyl (C=O) groups is 1. The highest BCUT2D eigenvalue weighted by molar-refractivity contribution is 8.18. The van der Waals surface area contributed by atoms with Crippen LogP contribution in [0.2, 0.25) is 0 Å². The van der Waals surface area contributed by atoms with Gasteiger partial charge in [-0.1, -0.05) is 0 Å². The summed E-state index contributed by atoms with van der Waals surface area (Å²) in [5.74, 6) is -0.00705. The predicted octanol–water partition coefficient (Wildman–Crippen LogP) is 4.89. The van der Waals surface area contributed by atoms with Crippen LogP contribution < -0.4 is 4.90 Å². The Labute approximate surface area is 163 Å². The summed E-state index contributed by atoms with van der Waals surface area (Å²) in [4.78, 5) is 22.2. The second-order valence-electron chi connectivity index (χ2n) is 6.68. The maximum absolute atomic E-state index is 12.6. The van der Waals surface area contributed by atoms with Gasteiger partial charge in [-0.15, -0.1) is 0 Å². The highest BCUT2D eigenvalue weighted by Crippen LogP contribution is 2.34. The fraction of sp³-hybridized carbons (Fsp3) is 0.333. The maximum atomic E-state index is 12.6. The molecule has 0 radical (unpaired) electrons. The Kier molecular flexibility index (Phi) is 5.34. The summed E-state index contributed by atoms with van der Waals surface area (Å²) in [5, 5.41) is 0.725. The SMILES string of the molecule is CCN1C(=O)/C(=C/c2ccoc2)SC1=Nc1ccc(N2CCCCC2)cc1. The van der Waals surface area contributed by atoms with E-state index in [0.29, 0.717) is 11.4 Å². The zero-order chi connectivity index (χ0) is 18.6. The monoisotopic (exact) mass is 381 g/mol. The number of amidine groups is 1. The lowest BCUT2D eigenvalue weighted by Gasteiger charge is -2.28. The summed E-state index contributed by atoms with van der Waals surface area (Å²) in [6, 6.07) is 10.2. The van der Waals surface area contributed by atoms with E-state index >= 15 is 0 Å². The van der Waals surface area contributed by atoms with Crippen LogP contribution in [0, 0.1) is 0 Å². The molecule has 3 heterocycles. The molecule has 2 aliphatic heterocycles. The molecule has 27 heavy (non-hydrogen) atoms. The van der Waals surface area contributed by atoms with E-state index in [2.05, 4.69) is 17.0 Å². The van der Waals surface area contributed by atoms with Gasteiger partial charge in [-0.05, 0) is 74.4 Å². The van der Waals surface area contributed by atoms with E-state index in [-0.39, 0.29) is 5.91 Å². The lowest BCUT2D eigenvalue weighted by Crippen LogP contribution is -2.29. The summed E-state index contributed by atoms with van der Waals surface area (Å²) < 4.78 is 5.08. The average molecular weight is 382 g/mol. The molecule has 1 amide bonds. The molecule has 2 fully saturated rings. The van der Waals surface area contributed by atoms with Crippen LogP contribution in [0.4, 0.5) is 11.4 Å². The first-order valence-electron chi connectivity index (χ1n) is 9.42. The first kappa shape index (κ1) is 17.9. The Morgan fingerprint density at radius 2 is 1.93 bits per heavy atom. The van der Waals surface area contributed by atoms with Crippen LogP contribution in [-0.4, -0.2) is 35.6 Å². The molecule has 5 nitrogen and oxygen atoms in total. The number of thioether (sulfide) groups is 1. The van der Waals surface area contributed by atoms with Crippen molar-refractivity contribution >= 4 is 40.3 Å². The van der Waals surface area contributed by atoms with Crippen molar-refractivity contribution in [3.05, 3.63) is 53.3 Å². The molecule has 0 atom stereocenters. The van der Waals surface area contributed by atoms with E-state index in [0.717, 1.165) is 29.5 Å². The molecular formula is C21H23N3O2S. The molecule has 0 N–H and O–H groups in total. The standard InChI is InChI=1S/C21H23N3O2S/c1-2-24-20(25)19(14-16-10-13-26-15-16)27-21(24)22-17-6-8-18(9-7-17)23-11-4-3-5-12-23/h6-10,13-15H,2-5,11-12H2,1H3/b19-14-,22-21?. The van der Waals surface area contributed by atoms with E-state index in [9.17, 15) is 4.79 Å². The lowest BCUT2D eigenvalue weighted by molar-refractivity contribution is -0.122. The Balaban J connectivity index is 1.54. The minimum Gasteiger partial charge on any atom is -0.472 e. The van der Waals surface area contributed by atoms with Crippen LogP contribution in [0.1, 0.15) is 31.7 Å². The minimum absolute atomic E-state index is 0.00705. The normalized spacial score (nSPS) is 20.9. The second-order valence-corrected chi connectivity index (χ2v) is 7.68. The van der Waals surface area contributed by atoms with Gasteiger partial charge in [0.25, 0.3) is 5.91 Å². The van der Waals surface area contributed by atoms with E-state index in [4.69, 9.17) is 9.41 Å². The van der Waals surface area contributed by atoms with Gasteiger partial charge in [-0.2, -0.15) is 0 Å². The van der Waals surface area contributed by atoms with Gasteiger partial charge in [0.05, 0.1) is 23.1 Å². The van der Waals surface area contributed by atoms with Crippen LogP contribution in [0.15, 0.2) is 57.2 Å². The first-order chi connectivity index (χ1) is 13.2. The van der Waals surface area contributed by atoms with Gasteiger partial charge >= 0.3 is 0 Å². The van der Waals surface area contributed by atoms with Crippen molar-refractivity contribution in [3.8, 4) is 0 Å². The maximum Gasteiger partial charge on any atom is 0.266 e.